The average Bonchev–Trinajstić information content (AvgIpc) is 2.73. The summed E-state index contributed by atoms with van der Waals surface area (Å²) < 4.78 is 5.55. The molecule has 2 rings (SSSR count). The zero-order chi connectivity index (χ0) is 11.4. The highest BCUT2D eigenvalue weighted by atomic mass is 32.2. The summed E-state index contributed by atoms with van der Waals surface area (Å²) in [5.74, 6) is 1.07. The lowest BCUT2D eigenvalue weighted by molar-refractivity contribution is 0.127. The second kappa shape index (κ2) is 5.71. The van der Waals surface area contributed by atoms with Crippen molar-refractivity contribution < 1.29 is 4.74 Å². The van der Waals surface area contributed by atoms with Crippen molar-refractivity contribution in [2.45, 2.75) is 37.0 Å². The van der Waals surface area contributed by atoms with Gasteiger partial charge in [-0.15, -0.1) is 0 Å². The van der Waals surface area contributed by atoms with Gasteiger partial charge in [0, 0.05) is 24.2 Å². The Balaban J connectivity index is 1.84. The third-order valence-electron chi connectivity index (χ3n) is 3.03. The number of hydrogen-bond donors (Lipinski definition) is 1. The fraction of sp³-hybridized carbons (Fsp3) is 0.538. The molecule has 0 amide bonds. The Labute approximate surface area is 102 Å². The number of ether oxygens (including phenoxy) is 1. The molecule has 0 aromatic heterocycles. The van der Waals surface area contributed by atoms with Gasteiger partial charge in [-0.05, 0) is 24.5 Å². The van der Waals surface area contributed by atoms with Gasteiger partial charge in [0.1, 0.15) is 0 Å². The maximum absolute atomic E-state index is 5.57. The zero-order valence-electron chi connectivity index (χ0n) is 9.69. The van der Waals surface area contributed by atoms with Crippen LogP contribution in [0, 0.1) is 0 Å². The van der Waals surface area contributed by atoms with Crippen molar-refractivity contribution >= 4 is 11.8 Å². The van der Waals surface area contributed by atoms with Crippen LogP contribution in [0.4, 0.5) is 0 Å². The first kappa shape index (κ1) is 12.0. The molecule has 2 unspecified atom stereocenters. The molecule has 2 nitrogen and oxygen atoms in total. The average molecular weight is 237 g/mol. The maximum Gasteiger partial charge on any atom is 0.0666 e. The summed E-state index contributed by atoms with van der Waals surface area (Å²) in [5, 5.41) is 0.661. The topological polar surface area (TPSA) is 35.2 Å². The number of benzene rings is 1. The summed E-state index contributed by atoms with van der Waals surface area (Å²) in [6, 6.07) is 8.58. The molecule has 3 heteroatoms. The van der Waals surface area contributed by atoms with Crippen molar-refractivity contribution in [2.24, 2.45) is 5.73 Å². The van der Waals surface area contributed by atoms with Crippen LogP contribution in [0.15, 0.2) is 24.3 Å². The van der Waals surface area contributed by atoms with E-state index in [4.69, 9.17) is 10.5 Å². The second-order valence-electron chi connectivity index (χ2n) is 4.23. The Hall–Kier alpha value is -0.510. The molecule has 2 atom stereocenters. The first-order valence-corrected chi connectivity index (χ1v) is 6.85. The molecule has 16 heavy (non-hydrogen) atoms. The molecule has 1 aliphatic heterocycles. The van der Waals surface area contributed by atoms with Crippen molar-refractivity contribution in [1.29, 1.82) is 0 Å². The van der Waals surface area contributed by atoms with Crippen LogP contribution >= 0.6 is 11.8 Å². The van der Waals surface area contributed by atoms with Gasteiger partial charge in [0.2, 0.25) is 0 Å². The van der Waals surface area contributed by atoms with Crippen LogP contribution in [-0.2, 0) is 17.0 Å². The normalized spacial score (nSPS) is 24.9. The van der Waals surface area contributed by atoms with E-state index in [2.05, 4.69) is 31.2 Å². The van der Waals surface area contributed by atoms with E-state index in [9.17, 15) is 0 Å². The van der Waals surface area contributed by atoms with E-state index in [0.29, 0.717) is 17.9 Å². The molecule has 1 fully saturated rings. The SMILES string of the molecule is CC1OCCC1SCc1ccc(CN)cc1. The van der Waals surface area contributed by atoms with Gasteiger partial charge in [-0.1, -0.05) is 24.3 Å². The Kier molecular flexibility index (Phi) is 4.27. The van der Waals surface area contributed by atoms with Crippen LogP contribution < -0.4 is 5.73 Å². The largest absolute Gasteiger partial charge is 0.377 e. The smallest absolute Gasteiger partial charge is 0.0666 e. The van der Waals surface area contributed by atoms with Gasteiger partial charge in [0.25, 0.3) is 0 Å². The summed E-state index contributed by atoms with van der Waals surface area (Å²) in [4.78, 5) is 0. The van der Waals surface area contributed by atoms with Crippen LogP contribution in [0.25, 0.3) is 0 Å². The minimum atomic E-state index is 0.410. The van der Waals surface area contributed by atoms with E-state index in [1.807, 2.05) is 11.8 Å². The van der Waals surface area contributed by atoms with E-state index in [1.54, 1.807) is 0 Å². The monoisotopic (exact) mass is 237 g/mol. The van der Waals surface area contributed by atoms with Crippen LogP contribution in [0.1, 0.15) is 24.5 Å². The molecule has 1 heterocycles. The van der Waals surface area contributed by atoms with Gasteiger partial charge in [-0.3, -0.25) is 0 Å². The molecule has 0 radical (unpaired) electrons. The molecule has 1 aliphatic rings. The first-order chi connectivity index (χ1) is 7.79. The van der Waals surface area contributed by atoms with Gasteiger partial charge < -0.3 is 10.5 Å². The van der Waals surface area contributed by atoms with Crippen molar-refractivity contribution in [3.63, 3.8) is 0 Å². The highest BCUT2D eigenvalue weighted by molar-refractivity contribution is 7.99. The second-order valence-corrected chi connectivity index (χ2v) is 5.46. The highest BCUT2D eigenvalue weighted by Gasteiger charge is 2.24. The summed E-state index contributed by atoms with van der Waals surface area (Å²) in [6.07, 6.45) is 1.60. The van der Waals surface area contributed by atoms with Crippen LogP contribution in [-0.4, -0.2) is 18.0 Å². The lowest BCUT2D eigenvalue weighted by Crippen LogP contribution is -2.13. The van der Waals surface area contributed by atoms with E-state index >= 15 is 0 Å². The predicted octanol–water partition coefficient (Wildman–Crippen LogP) is 2.56. The minimum Gasteiger partial charge on any atom is -0.377 e. The first-order valence-electron chi connectivity index (χ1n) is 5.80. The predicted molar refractivity (Wildman–Crippen MR) is 69.4 cm³/mol. The molecule has 0 bridgehead atoms. The van der Waals surface area contributed by atoms with Crippen molar-refractivity contribution in [2.75, 3.05) is 6.61 Å². The van der Waals surface area contributed by atoms with Gasteiger partial charge >= 0.3 is 0 Å². The molecular formula is C13H19NOS. The van der Waals surface area contributed by atoms with Gasteiger partial charge in [-0.25, -0.2) is 0 Å². The molecule has 0 saturated carbocycles. The van der Waals surface area contributed by atoms with Gasteiger partial charge in [-0.2, -0.15) is 11.8 Å². The highest BCUT2D eigenvalue weighted by Crippen LogP contribution is 2.28. The lowest BCUT2D eigenvalue weighted by atomic mass is 10.1. The summed E-state index contributed by atoms with van der Waals surface area (Å²) in [6.45, 7) is 3.72. The van der Waals surface area contributed by atoms with Crippen LogP contribution in [0.2, 0.25) is 0 Å². The van der Waals surface area contributed by atoms with E-state index in [-0.39, 0.29) is 0 Å². The van der Waals surface area contributed by atoms with Crippen LogP contribution in [0.3, 0.4) is 0 Å². The standard InChI is InChI=1S/C13H19NOS/c1-10-13(6-7-15-10)16-9-12-4-2-11(8-14)3-5-12/h2-5,10,13H,6-9,14H2,1H3. The third-order valence-corrected chi connectivity index (χ3v) is 4.58. The summed E-state index contributed by atoms with van der Waals surface area (Å²) in [5.41, 5.74) is 8.15. The lowest BCUT2D eigenvalue weighted by Gasteiger charge is -2.13. The van der Waals surface area contributed by atoms with Crippen molar-refractivity contribution in [1.82, 2.24) is 0 Å². The number of hydrogen-bond acceptors (Lipinski definition) is 3. The fourth-order valence-electron chi connectivity index (χ4n) is 1.91. The van der Waals surface area contributed by atoms with E-state index < -0.39 is 0 Å². The summed E-state index contributed by atoms with van der Waals surface area (Å²) in [7, 11) is 0. The van der Waals surface area contributed by atoms with E-state index in [1.165, 1.54) is 17.5 Å². The number of thioether (sulfide) groups is 1. The Morgan fingerprint density at radius 1 is 1.31 bits per heavy atom. The van der Waals surface area contributed by atoms with Gasteiger partial charge in [0.15, 0.2) is 0 Å². The molecule has 1 aromatic carbocycles. The maximum atomic E-state index is 5.57. The number of nitrogens with two attached hydrogens (primary N) is 1. The third kappa shape index (κ3) is 3.00. The Bertz CT molecular complexity index is 325. The Morgan fingerprint density at radius 2 is 2.00 bits per heavy atom. The molecule has 2 N–H and O–H groups in total. The fourth-order valence-corrected chi connectivity index (χ4v) is 3.12. The van der Waals surface area contributed by atoms with Gasteiger partial charge in [0.05, 0.1) is 6.10 Å². The number of rotatable bonds is 4. The van der Waals surface area contributed by atoms with Crippen molar-refractivity contribution in [3.05, 3.63) is 35.4 Å². The minimum absolute atomic E-state index is 0.410. The molecule has 1 saturated heterocycles. The summed E-state index contributed by atoms with van der Waals surface area (Å²) >= 11 is 2.00. The Morgan fingerprint density at radius 3 is 2.56 bits per heavy atom. The van der Waals surface area contributed by atoms with Crippen molar-refractivity contribution in [3.8, 4) is 0 Å². The zero-order valence-corrected chi connectivity index (χ0v) is 10.5. The molecule has 88 valence electrons. The molecule has 0 spiro atoms. The van der Waals surface area contributed by atoms with E-state index in [0.717, 1.165) is 12.4 Å². The molecule has 0 aliphatic carbocycles. The van der Waals surface area contributed by atoms with Crippen LogP contribution in [0.5, 0.6) is 0 Å². The molecule has 1 aromatic rings. The molecular weight excluding hydrogens is 218 g/mol. The quantitative estimate of drug-likeness (QED) is 0.874.